The third-order valence-electron chi connectivity index (χ3n) is 3.05. The van der Waals surface area contributed by atoms with Gasteiger partial charge in [-0.05, 0) is 24.3 Å². The van der Waals surface area contributed by atoms with Crippen LogP contribution in [0.4, 0.5) is 0 Å². The molecule has 0 aliphatic rings. The summed E-state index contributed by atoms with van der Waals surface area (Å²) >= 11 is 0. The van der Waals surface area contributed by atoms with Gasteiger partial charge >= 0.3 is 5.97 Å². The summed E-state index contributed by atoms with van der Waals surface area (Å²) in [5, 5.41) is 0. The van der Waals surface area contributed by atoms with Crippen molar-refractivity contribution in [2.75, 3.05) is 6.61 Å². The molecule has 1 unspecified atom stereocenters. The first-order valence-corrected chi connectivity index (χ1v) is 7.05. The van der Waals surface area contributed by atoms with Gasteiger partial charge in [-0.1, -0.05) is 50.6 Å². The maximum Gasteiger partial charge on any atom is 0.307 e. The number of hydrogen-bond acceptors (Lipinski definition) is 3. The van der Waals surface area contributed by atoms with E-state index in [0.29, 0.717) is 12.5 Å². The number of halogens is 1. The summed E-state index contributed by atoms with van der Waals surface area (Å²) in [5.41, 5.74) is 6.94. The number of rotatable bonds is 8. The minimum Gasteiger partial charge on any atom is -0.466 e. The third-order valence-corrected chi connectivity index (χ3v) is 3.05. The molecule has 20 heavy (non-hydrogen) atoms. The van der Waals surface area contributed by atoms with E-state index < -0.39 is 0 Å². The first-order valence-electron chi connectivity index (χ1n) is 7.05. The summed E-state index contributed by atoms with van der Waals surface area (Å²) in [5.74, 6) is 0.503. The molecular formula is C16H26ClNO2. The highest BCUT2D eigenvalue weighted by Crippen LogP contribution is 2.14. The van der Waals surface area contributed by atoms with E-state index in [2.05, 4.69) is 13.8 Å². The Balaban J connectivity index is 0.00000361. The van der Waals surface area contributed by atoms with E-state index in [1.807, 2.05) is 30.3 Å². The quantitative estimate of drug-likeness (QED) is 0.585. The maximum atomic E-state index is 11.6. The standard InChI is InChI=1S/C16H25NO2.ClH/c1-13(2)8-6-7-11-19-16(18)12-15(17)14-9-4-3-5-10-14;/h3-5,9-10,13,15H,6-8,11-12,17H2,1-2H3;1H. The second kappa shape index (κ2) is 10.7. The molecule has 0 fully saturated rings. The summed E-state index contributed by atoms with van der Waals surface area (Å²) in [4.78, 5) is 11.6. The zero-order chi connectivity index (χ0) is 14.1. The fourth-order valence-corrected chi connectivity index (χ4v) is 1.90. The van der Waals surface area contributed by atoms with Gasteiger partial charge in [-0.3, -0.25) is 4.79 Å². The molecule has 0 bridgehead atoms. The number of carbonyl (C=O) groups is 1. The molecule has 0 heterocycles. The van der Waals surface area contributed by atoms with Gasteiger partial charge in [0.05, 0.1) is 13.0 Å². The van der Waals surface area contributed by atoms with Crippen molar-refractivity contribution in [1.82, 2.24) is 0 Å². The number of unbranched alkanes of at least 4 members (excludes halogenated alkanes) is 1. The molecule has 1 rings (SSSR count). The van der Waals surface area contributed by atoms with Crippen LogP contribution in [0.15, 0.2) is 30.3 Å². The Morgan fingerprint density at radius 3 is 2.45 bits per heavy atom. The molecule has 0 saturated heterocycles. The fraction of sp³-hybridized carbons (Fsp3) is 0.562. The topological polar surface area (TPSA) is 52.3 Å². The van der Waals surface area contributed by atoms with Crippen LogP contribution in [0.1, 0.15) is 51.1 Å². The molecule has 0 aromatic heterocycles. The average Bonchev–Trinajstić information content (AvgIpc) is 2.39. The Labute approximate surface area is 128 Å². The van der Waals surface area contributed by atoms with Crippen LogP contribution in [0.3, 0.4) is 0 Å². The molecule has 0 radical (unpaired) electrons. The van der Waals surface area contributed by atoms with E-state index in [1.165, 1.54) is 6.42 Å². The minimum atomic E-state index is -0.274. The van der Waals surface area contributed by atoms with Crippen LogP contribution in [0, 0.1) is 5.92 Å². The Hall–Kier alpha value is -1.06. The van der Waals surface area contributed by atoms with Gasteiger partial charge in [0, 0.05) is 6.04 Å². The summed E-state index contributed by atoms with van der Waals surface area (Å²) < 4.78 is 5.20. The van der Waals surface area contributed by atoms with Crippen molar-refractivity contribution in [3.05, 3.63) is 35.9 Å². The molecule has 0 amide bonds. The Morgan fingerprint density at radius 1 is 1.20 bits per heavy atom. The van der Waals surface area contributed by atoms with Crippen molar-refractivity contribution in [3.63, 3.8) is 0 Å². The van der Waals surface area contributed by atoms with Crippen LogP contribution in [-0.2, 0) is 9.53 Å². The van der Waals surface area contributed by atoms with Gasteiger partial charge in [0.15, 0.2) is 0 Å². The highest BCUT2D eigenvalue weighted by atomic mass is 35.5. The van der Waals surface area contributed by atoms with Crippen LogP contribution in [0.25, 0.3) is 0 Å². The van der Waals surface area contributed by atoms with E-state index in [0.717, 1.165) is 18.4 Å². The highest BCUT2D eigenvalue weighted by molar-refractivity contribution is 5.85. The van der Waals surface area contributed by atoms with Crippen molar-refractivity contribution in [2.24, 2.45) is 11.7 Å². The van der Waals surface area contributed by atoms with E-state index >= 15 is 0 Å². The van der Waals surface area contributed by atoms with Crippen LogP contribution in [0.2, 0.25) is 0 Å². The predicted molar refractivity (Wildman–Crippen MR) is 84.9 cm³/mol. The molecular weight excluding hydrogens is 274 g/mol. The Morgan fingerprint density at radius 2 is 1.85 bits per heavy atom. The SMILES string of the molecule is CC(C)CCCCOC(=O)CC(N)c1ccccc1.Cl. The summed E-state index contributed by atoms with van der Waals surface area (Å²) in [6, 6.07) is 9.37. The zero-order valence-corrected chi connectivity index (χ0v) is 13.2. The van der Waals surface area contributed by atoms with E-state index in [4.69, 9.17) is 10.5 Å². The van der Waals surface area contributed by atoms with E-state index in [-0.39, 0.29) is 30.8 Å². The van der Waals surface area contributed by atoms with Gasteiger partial charge < -0.3 is 10.5 Å². The number of benzene rings is 1. The van der Waals surface area contributed by atoms with Crippen molar-refractivity contribution < 1.29 is 9.53 Å². The maximum absolute atomic E-state index is 11.6. The fourth-order valence-electron chi connectivity index (χ4n) is 1.90. The first-order chi connectivity index (χ1) is 9.09. The second-order valence-corrected chi connectivity index (χ2v) is 5.33. The zero-order valence-electron chi connectivity index (χ0n) is 12.4. The first kappa shape index (κ1) is 18.9. The molecule has 1 aromatic carbocycles. The largest absolute Gasteiger partial charge is 0.466 e. The van der Waals surface area contributed by atoms with E-state index in [9.17, 15) is 4.79 Å². The number of carbonyl (C=O) groups excluding carboxylic acids is 1. The van der Waals surface area contributed by atoms with Gasteiger partial charge in [0.1, 0.15) is 0 Å². The Kier molecular flexibility index (Phi) is 10.1. The number of esters is 1. The number of ether oxygens (including phenoxy) is 1. The van der Waals surface area contributed by atoms with Crippen LogP contribution >= 0.6 is 12.4 Å². The lowest BCUT2D eigenvalue weighted by Crippen LogP contribution is -2.17. The summed E-state index contributed by atoms with van der Waals surface area (Å²) in [6.45, 7) is 4.91. The van der Waals surface area contributed by atoms with Crippen molar-refractivity contribution in [1.29, 1.82) is 0 Å². The molecule has 0 saturated carbocycles. The predicted octanol–water partition coefficient (Wildman–Crippen LogP) is 3.87. The molecule has 4 heteroatoms. The number of hydrogen-bond donors (Lipinski definition) is 1. The van der Waals surface area contributed by atoms with Crippen molar-refractivity contribution in [3.8, 4) is 0 Å². The van der Waals surface area contributed by atoms with Crippen LogP contribution in [0.5, 0.6) is 0 Å². The molecule has 2 N–H and O–H groups in total. The molecule has 0 aliphatic heterocycles. The monoisotopic (exact) mass is 299 g/mol. The van der Waals surface area contributed by atoms with Crippen LogP contribution < -0.4 is 5.73 Å². The van der Waals surface area contributed by atoms with Gasteiger partial charge in [-0.25, -0.2) is 0 Å². The molecule has 114 valence electrons. The van der Waals surface area contributed by atoms with Gasteiger partial charge in [0.2, 0.25) is 0 Å². The van der Waals surface area contributed by atoms with Gasteiger partial charge in [-0.2, -0.15) is 0 Å². The summed E-state index contributed by atoms with van der Waals surface area (Å²) in [6.07, 6.45) is 3.47. The molecule has 0 spiro atoms. The lowest BCUT2D eigenvalue weighted by Gasteiger charge is -2.11. The lowest BCUT2D eigenvalue weighted by molar-refractivity contribution is -0.144. The average molecular weight is 300 g/mol. The molecule has 1 atom stereocenters. The second-order valence-electron chi connectivity index (χ2n) is 5.33. The highest BCUT2D eigenvalue weighted by Gasteiger charge is 2.12. The Bertz CT molecular complexity index is 368. The molecule has 3 nitrogen and oxygen atoms in total. The van der Waals surface area contributed by atoms with Gasteiger partial charge in [-0.15, -0.1) is 12.4 Å². The smallest absolute Gasteiger partial charge is 0.307 e. The third kappa shape index (κ3) is 8.18. The molecule has 0 aliphatic carbocycles. The minimum absolute atomic E-state index is 0. The van der Waals surface area contributed by atoms with Crippen molar-refractivity contribution >= 4 is 18.4 Å². The molecule has 1 aromatic rings. The summed E-state index contributed by atoms with van der Waals surface area (Å²) in [7, 11) is 0. The van der Waals surface area contributed by atoms with Crippen LogP contribution in [-0.4, -0.2) is 12.6 Å². The van der Waals surface area contributed by atoms with E-state index in [1.54, 1.807) is 0 Å². The van der Waals surface area contributed by atoms with Gasteiger partial charge in [0.25, 0.3) is 0 Å². The van der Waals surface area contributed by atoms with Crippen molar-refractivity contribution in [2.45, 2.75) is 45.6 Å². The normalized spacial score (nSPS) is 11.8. The number of nitrogens with two attached hydrogens (primary N) is 1. The lowest BCUT2D eigenvalue weighted by atomic mass is 10.1.